The molecule has 0 heterocycles. The molecule has 0 aliphatic heterocycles. The van der Waals surface area contributed by atoms with Gasteiger partial charge in [0.2, 0.25) is 0 Å². The molecule has 0 unspecified atom stereocenters. The molecule has 0 rings (SSSR count). The summed E-state index contributed by atoms with van der Waals surface area (Å²) in [6.45, 7) is 1.88. The van der Waals surface area contributed by atoms with Crippen LogP contribution >= 0.6 is 0 Å². The maximum Gasteiger partial charge on any atom is 0.413 e. The van der Waals surface area contributed by atoms with Crippen LogP contribution in [0.15, 0.2) is 0 Å². The molecule has 0 N–H and O–H groups in total. The summed E-state index contributed by atoms with van der Waals surface area (Å²) in [6, 6.07) is 0. The Labute approximate surface area is 37.5 Å². The third kappa shape index (κ3) is 3.62. The summed E-state index contributed by atoms with van der Waals surface area (Å²) >= 11 is 0. The van der Waals surface area contributed by atoms with Crippen molar-refractivity contribution in [3.05, 3.63) is 0 Å². The van der Waals surface area contributed by atoms with E-state index in [1.54, 1.807) is 6.92 Å². The standard InChI is InChI=1S/C2H5O3Si/c1-2-5-6(3)4/h2H2,1H3/q-1. The largest absolute Gasteiger partial charge is 0.588 e. The van der Waals surface area contributed by atoms with Gasteiger partial charge in [0.1, 0.15) is 0 Å². The Morgan fingerprint density at radius 1 is 2.00 bits per heavy atom. The average Bonchev–Trinajstić information content (AvgIpc) is 1.35. The van der Waals surface area contributed by atoms with E-state index in [1.807, 2.05) is 0 Å². The highest BCUT2D eigenvalue weighted by Gasteiger charge is 1.76. The summed E-state index contributed by atoms with van der Waals surface area (Å²) in [7, 11) is -2.89. The minimum absolute atomic E-state index is 0.251. The summed E-state index contributed by atoms with van der Waals surface area (Å²) < 4.78 is 13.5. The second kappa shape index (κ2) is 2.83. The lowest BCUT2D eigenvalue weighted by atomic mass is 10.9. The summed E-state index contributed by atoms with van der Waals surface area (Å²) in [5.41, 5.74) is 0. The van der Waals surface area contributed by atoms with Gasteiger partial charge >= 0.3 is 9.17 Å². The van der Waals surface area contributed by atoms with Crippen LogP contribution in [0.4, 0.5) is 0 Å². The van der Waals surface area contributed by atoms with E-state index < -0.39 is 9.17 Å². The molecule has 0 aliphatic rings. The predicted octanol–water partition coefficient (Wildman–Crippen LogP) is -1.20. The van der Waals surface area contributed by atoms with E-state index in [2.05, 4.69) is 4.43 Å². The fraction of sp³-hybridized carbons (Fsp3) is 1.00. The molecule has 0 spiro atoms. The zero-order chi connectivity index (χ0) is 4.99. The molecular formula is C2H5O3Si-. The predicted molar refractivity (Wildman–Crippen MR) is 18.1 cm³/mol. The lowest BCUT2D eigenvalue weighted by Crippen LogP contribution is -2.23. The molecule has 0 aromatic rings. The van der Waals surface area contributed by atoms with Crippen molar-refractivity contribution in [2.75, 3.05) is 6.61 Å². The molecule has 0 radical (unpaired) electrons. The molecule has 4 heteroatoms. The molecule has 0 aromatic carbocycles. The highest BCUT2D eigenvalue weighted by molar-refractivity contribution is 6.21. The maximum absolute atomic E-state index is 9.45. The summed E-state index contributed by atoms with van der Waals surface area (Å²) in [6.07, 6.45) is 0. The Morgan fingerprint density at radius 3 is 2.50 bits per heavy atom. The highest BCUT2D eigenvalue weighted by Crippen LogP contribution is 1.59. The van der Waals surface area contributed by atoms with Crippen LogP contribution in [-0.4, -0.2) is 15.8 Å². The fourth-order valence-corrected chi connectivity index (χ4v) is 0.354. The summed E-state index contributed by atoms with van der Waals surface area (Å²) in [5, 5.41) is 0. The number of hydrogen-bond donors (Lipinski definition) is 0. The minimum Gasteiger partial charge on any atom is -0.588 e. The normalized spacial score (nSPS) is 7.50. The van der Waals surface area contributed by atoms with Crippen LogP contribution < -0.4 is 4.80 Å². The van der Waals surface area contributed by atoms with E-state index in [4.69, 9.17) is 0 Å². The van der Waals surface area contributed by atoms with Crippen molar-refractivity contribution in [2.24, 2.45) is 0 Å². The first kappa shape index (κ1) is 5.62. The van der Waals surface area contributed by atoms with Crippen molar-refractivity contribution in [3.63, 3.8) is 0 Å². The Hall–Kier alpha value is -0.383. The van der Waals surface area contributed by atoms with Crippen molar-refractivity contribution in [1.29, 1.82) is 0 Å². The smallest absolute Gasteiger partial charge is 0.413 e. The molecule has 0 amide bonds. The lowest BCUT2D eigenvalue weighted by Gasteiger charge is -1.98. The van der Waals surface area contributed by atoms with E-state index in [0.717, 1.165) is 0 Å². The Kier molecular flexibility index (Phi) is 2.65. The third-order valence-electron chi connectivity index (χ3n) is 0.262. The lowest BCUT2D eigenvalue weighted by molar-refractivity contribution is -0.228. The van der Waals surface area contributed by atoms with Gasteiger partial charge in [-0.3, -0.25) is 0 Å². The molecule has 6 heavy (non-hydrogen) atoms. The molecule has 0 atom stereocenters. The van der Waals surface area contributed by atoms with Crippen molar-refractivity contribution >= 4 is 9.17 Å². The Balaban J connectivity index is 2.83. The first-order valence-corrected chi connectivity index (χ1v) is 2.83. The van der Waals surface area contributed by atoms with Gasteiger partial charge in [-0.1, -0.05) is 0 Å². The van der Waals surface area contributed by atoms with Gasteiger partial charge in [-0.25, -0.2) is 0 Å². The summed E-state index contributed by atoms with van der Waals surface area (Å²) in [5.74, 6) is 0. The van der Waals surface area contributed by atoms with Crippen LogP contribution in [-0.2, 0) is 8.89 Å². The summed E-state index contributed by atoms with van der Waals surface area (Å²) in [4.78, 5) is 9.45. The highest BCUT2D eigenvalue weighted by atomic mass is 28.3. The van der Waals surface area contributed by atoms with Gasteiger partial charge in [0.15, 0.2) is 0 Å². The van der Waals surface area contributed by atoms with Crippen molar-refractivity contribution in [3.8, 4) is 0 Å². The zero-order valence-electron chi connectivity index (χ0n) is 3.43. The maximum atomic E-state index is 9.45. The molecule has 0 saturated heterocycles. The molecule has 36 valence electrons. The molecule has 0 aliphatic carbocycles. The van der Waals surface area contributed by atoms with E-state index in [9.17, 15) is 9.26 Å². The van der Waals surface area contributed by atoms with Crippen LogP contribution in [0.25, 0.3) is 0 Å². The van der Waals surface area contributed by atoms with Gasteiger partial charge in [-0.2, -0.15) is 0 Å². The monoisotopic (exact) mass is 105 g/mol. The fourth-order valence-electron chi connectivity index (χ4n) is 0.118. The molecule has 0 saturated carbocycles. The van der Waals surface area contributed by atoms with E-state index in [0.29, 0.717) is 0 Å². The topological polar surface area (TPSA) is 49.4 Å². The molecule has 0 fully saturated rings. The van der Waals surface area contributed by atoms with Gasteiger partial charge in [-0.15, -0.1) is 0 Å². The van der Waals surface area contributed by atoms with Gasteiger partial charge in [0.25, 0.3) is 0 Å². The van der Waals surface area contributed by atoms with Crippen LogP contribution in [0.2, 0.25) is 0 Å². The van der Waals surface area contributed by atoms with Crippen LogP contribution in [0.3, 0.4) is 0 Å². The van der Waals surface area contributed by atoms with Crippen LogP contribution in [0, 0.1) is 0 Å². The van der Waals surface area contributed by atoms with Gasteiger partial charge < -0.3 is 13.7 Å². The SMILES string of the molecule is CCO[Si](=O)[O-]. The first-order valence-electron chi connectivity index (χ1n) is 1.61. The van der Waals surface area contributed by atoms with Crippen molar-refractivity contribution in [2.45, 2.75) is 6.92 Å². The van der Waals surface area contributed by atoms with E-state index in [-0.39, 0.29) is 6.61 Å². The second-order valence-corrected chi connectivity index (χ2v) is 1.47. The molecule has 3 nitrogen and oxygen atoms in total. The van der Waals surface area contributed by atoms with Crippen molar-refractivity contribution < 1.29 is 13.7 Å². The van der Waals surface area contributed by atoms with Crippen molar-refractivity contribution in [1.82, 2.24) is 0 Å². The average molecular weight is 105 g/mol. The van der Waals surface area contributed by atoms with Gasteiger partial charge in [-0.05, 0) is 6.92 Å². The van der Waals surface area contributed by atoms with E-state index >= 15 is 0 Å². The van der Waals surface area contributed by atoms with Crippen LogP contribution in [0.5, 0.6) is 0 Å². The second-order valence-electron chi connectivity index (χ2n) is 0.683. The Bertz CT molecular complexity index is 52.8. The minimum atomic E-state index is -2.89. The molecule has 0 bridgehead atoms. The van der Waals surface area contributed by atoms with Gasteiger partial charge in [0, 0.05) is 6.61 Å². The van der Waals surface area contributed by atoms with Gasteiger partial charge in [0.05, 0.1) is 0 Å². The Morgan fingerprint density at radius 2 is 2.50 bits per heavy atom. The molecular weight excluding hydrogens is 100 g/mol. The van der Waals surface area contributed by atoms with Crippen LogP contribution in [0.1, 0.15) is 6.92 Å². The van der Waals surface area contributed by atoms with E-state index in [1.165, 1.54) is 0 Å². The number of hydrogen-bond acceptors (Lipinski definition) is 3. The molecule has 0 aromatic heterocycles. The zero-order valence-corrected chi connectivity index (χ0v) is 4.43. The quantitative estimate of drug-likeness (QED) is 0.414. The number of rotatable bonds is 2. The first-order chi connectivity index (χ1) is 2.77. The third-order valence-corrected chi connectivity index (χ3v) is 0.787.